The van der Waals surface area contributed by atoms with E-state index in [2.05, 4.69) is 154 Å². The van der Waals surface area contributed by atoms with Crippen molar-refractivity contribution in [2.75, 3.05) is 4.90 Å². The molecule has 1 aliphatic heterocycles. The van der Waals surface area contributed by atoms with E-state index in [4.69, 9.17) is 17.9 Å². The molecule has 0 radical (unpaired) electrons. The molecule has 12 aromatic carbocycles. The third-order valence-corrected chi connectivity index (χ3v) is 16.1. The summed E-state index contributed by atoms with van der Waals surface area (Å²) in [6.07, 6.45) is 5.35. The van der Waals surface area contributed by atoms with Crippen LogP contribution in [0, 0.1) is 18.5 Å². The Morgan fingerprint density at radius 2 is 0.942 bits per heavy atom. The summed E-state index contributed by atoms with van der Waals surface area (Å²) in [7, 11) is 0. The van der Waals surface area contributed by atoms with Crippen LogP contribution in [0.2, 0.25) is 0 Å². The number of hydrogen-bond donors (Lipinski definition) is 0. The van der Waals surface area contributed by atoms with Gasteiger partial charge in [0.2, 0.25) is 0 Å². The zero-order chi connectivity index (χ0) is 64.7. The third-order valence-electron chi connectivity index (χ3n) is 16.1. The maximum Gasteiger partial charge on any atom is 0.268 e. The second-order valence-corrected chi connectivity index (χ2v) is 20.7. The largest absolute Gasteiger partial charge is 0.508 e. The van der Waals surface area contributed by atoms with E-state index >= 15 is 0 Å². The average Bonchev–Trinajstić information content (AvgIpc) is 1.38. The van der Waals surface area contributed by atoms with Gasteiger partial charge < -0.3 is 23.3 Å². The molecule has 0 N–H and O–H groups in total. The Labute approximate surface area is 525 Å². The molecule has 0 bridgehead atoms. The van der Waals surface area contributed by atoms with Gasteiger partial charge in [0.25, 0.3) is 6.33 Å². The zero-order valence-electron chi connectivity index (χ0n) is 55.3. The standard InChI is InChI=1S/C78H48N6O.Pt/c1-3-23-52(24-4-1)57-36-22-37-58(53-25-5-2-6-26-53)78(57)81-51-80(72-43-19-20-44-73(72)81)54-27-21-28-56(47-54)85-76-50-74-66(49-75(76)83-69-40-16-11-33-63(69)64-34-12-17-41-70(64)83)65-35-13-18-42-71(65)84(74)77-48-55(45-46-79-77)82-67-38-14-9-31-61(67)59-29-7-8-30-60(59)62-32-10-15-39-68(62)82;/h1-46,48-49H;/q-2;/i1D,2D,3D,4D,5D,6D,23D,24D,25D,26D;. The molecule has 0 aliphatic carbocycles. The van der Waals surface area contributed by atoms with E-state index in [1.165, 1.54) is 0 Å². The van der Waals surface area contributed by atoms with Crippen LogP contribution >= 0.6 is 0 Å². The molecule has 0 spiro atoms. The van der Waals surface area contributed by atoms with Crippen molar-refractivity contribution in [3.8, 4) is 78.9 Å². The number of ether oxygens (including phenoxy) is 1. The first-order valence-corrected chi connectivity index (χ1v) is 27.8. The van der Waals surface area contributed by atoms with Gasteiger partial charge in [-0.1, -0.05) is 229 Å². The van der Waals surface area contributed by atoms with Crippen molar-refractivity contribution in [1.82, 2.24) is 18.7 Å². The van der Waals surface area contributed by atoms with Crippen molar-refractivity contribution >= 4 is 71.7 Å². The molecule has 8 heteroatoms. The summed E-state index contributed by atoms with van der Waals surface area (Å²) in [5, 5.41) is 3.98. The van der Waals surface area contributed by atoms with Crippen LogP contribution in [0.25, 0.3) is 122 Å². The summed E-state index contributed by atoms with van der Waals surface area (Å²) in [6, 6.07) is 76.4. The quantitative estimate of drug-likeness (QED) is 0.107. The molecule has 0 saturated carbocycles. The molecule has 0 fully saturated rings. The SMILES string of the molecule is [2H]c1c([2H])c([2H])c(-c2cccc(-c3c([2H])c([2H])c([2H])c([2H])c3[2H])c2-[n+]2[c-]n(-c3[c-]c(Oc4[c-]c5c(cc4-n4c6ccccc6c6ccccc64)c4ccccc4n5-c4cc(N5c6ccccc6-c6ccccc6-c6ccccc65)ccn4)ccc3)c3ccccc32)c([2H])c1[2H].[Pt]. The minimum Gasteiger partial charge on any atom is -0.508 e. The second-order valence-electron chi connectivity index (χ2n) is 20.7. The van der Waals surface area contributed by atoms with Crippen LogP contribution in [0.15, 0.2) is 291 Å². The van der Waals surface area contributed by atoms with E-state index in [0.717, 1.165) is 77.4 Å². The summed E-state index contributed by atoms with van der Waals surface area (Å²) < 4.78 is 104. The smallest absolute Gasteiger partial charge is 0.268 e. The molecule has 0 atom stereocenters. The van der Waals surface area contributed by atoms with E-state index in [9.17, 15) is 5.48 Å². The van der Waals surface area contributed by atoms with Gasteiger partial charge in [0, 0.05) is 83.3 Å². The van der Waals surface area contributed by atoms with Crippen molar-refractivity contribution in [1.29, 1.82) is 0 Å². The maximum absolute atomic E-state index is 9.21. The minimum atomic E-state index is -0.585. The number of pyridine rings is 1. The summed E-state index contributed by atoms with van der Waals surface area (Å²) in [5.41, 5.74) is 13.3. The van der Waals surface area contributed by atoms with Crippen LogP contribution < -0.4 is 14.2 Å². The van der Waals surface area contributed by atoms with E-state index in [-0.39, 0.29) is 49.0 Å². The summed E-state index contributed by atoms with van der Waals surface area (Å²) >= 11 is 0. The Balaban J connectivity index is 0.00000725. The fraction of sp³-hybridized carbons (Fsp3) is 0. The van der Waals surface area contributed by atoms with Crippen LogP contribution in [-0.2, 0) is 21.1 Å². The number of aromatic nitrogens is 5. The van der Waals surface area contributed by atoms with Crippen molar-refractivity contribution < 1.29 is 44.1 Å². The van der Waals surface area contributed by atoms with Crippen molar-refractivity contribution in [3.63, 3.8) is 0 Å². The van der Waals surface area contributed by atoms with E-state index in [1.807, 2.05) is 91.1 Å². The van der Waals surface area contributed by atoms with E-state index in [0.29, 0.717) is 45.2 Å². The van der Waals surface area contributed by atoms with Crippen LogP contribution in [0.1, 0.15) is 13.7 Å². The molecule has 16 aromatic rings. The monoisotopic (exact) mass is 1290 g/mol. The Morgan fingerprint density at radius 3 is 1.57 bits per heavy atom. The van der Waals surface area contributed by atoms with Crippen LogP contribution in [-0.4, -0.2) is 18.7 Å². The van der Waals surface area contributed by atoms with Gasteiger partial charge in [0.05, 0.1) is 47.5 Å². The molecule has 86 heavy (non-hydrogen) atoms. The normalized spacial score (nSPS) is 13.5. The van der Waals surface area contributed by atoms with Crippen LogP contribution in [0.3, 0.4) is 0 Å². The first kappa shape index (κ1) is 41.2. The minimum absolute atomic E-state index is 0. The molecule has 408 valence electrons. The summed E-state index contributed by atoms with van der Waals surface area (Å²) in [5.74, 6) is 1.33. The molecular weight excluding hydrogens is 1230 g/mol. The van der Waals surface area contributed by atoms with Crippen molar-refractivity contribution in [2.24, 2.45) is 0 Å². The molecule has 4 aromatic heterocycles. The third kappa shape index (κ3) is 8.15. The van der Waals surface area contributed by atoms with E-state index in [1.54, 1.807) is 27.3 Å². The first-order valence-electron chi connectivity index (χ1n) is 32.8. The topological polar surface area (TPSA) is 44.0 Å². The predicted octanol–water partition coefficient (Wildman–Crippen LogP) is 19.1. The van der Waals surface area contributed by atoms with Gasteiger partial charge in [-0.3, -0.25) is 4.57 Å². The number of imidazole rings is 1. The number of hydrogen-bond acceptors (Lipinski definition) is 3. The Kier molecular flexibility index (Phi) is 9.96. The van der Waals surface area contributed by atoms with Gasteiger partial charge in [-0.25, -0.2) is 4.98 Å². The maximum atomic E-state index is 9.21. The number of para-hydroxylation sites is 8. The van der Waals surface area contributed by atoms with Gasteiger partial charge in [-0.2, -0.15) is 12.1 Å². The van der Waals surface area contributed by atoms with Crippen LogP contribution in [0.4, 0.5) is 17.1 Å². The molecule has 0 amide bonds. The summed E-state index contributed by atoms with van der Waals surface area (Å²) in [6.45, 7) is 0. The molecule has 5 heterocycles. The second kappa shape index (κ2) is 20.8. The predicted molar refractivity (Wildman–Crippen MR) is 344 cm³/mol. The van der Waals surface area contributed by atoms with Gasteiger partial charge in [-0.05, 0) is 86.5 Å². The van der Waals surface area contributed by atoms with Gasteiger partial charge >= 0.3 is 0 Å². The summed E-state index contributed by atoms with van der Waals surface area (Å²) in [4.78, 5) is 7.48. The molecule has 1 aliphatic rings. The number of rotatable bonds is 9. The number of anilines is 3. The molecule has 0 unspecified atom stereocenters. The Morgan fingerprint density at radius 1 is 0.430 bits per heavy atom. The van der Waals surface area contributed by atoms with Crippen molar-refractivity contribution in [3.05, 3.63) is 310 Å². The van der Waals surface area contributed by atoms with Gasteiger partial charge in [-0.15, -0.1) is 24.3 Å². The number of nitrogens with zero attached hydrogens (tertiary/aromatic N) is 6. The zero-order valence-corrected chi connectivity index (χ0v) is 47.6. The van der Waals surface area contributed by atoms with Crippen LogP contribution in [0.5, 0.6) is 11.5 Å². The molecule has 7 nitrogen and oxygen atoms in total. The number of fused-ring (bicyclic) bond motifs is 12. The molecular formula is C78H48N6OPt-2. The van der Waals surface area contributed by atoms with E-state index < -0.39 is 60.4 Å². The molecule has 17 rings (SSSR count). The fourth-order valence-electron chi connectivity index (χ4n) is 12.5. The Bertz CT molecular complexity index is 5700. The first-order chi connectivity index (χ1) is 46.3. The van der Waals surface area contributed by atoms with Gasteiger partial charge in [0.1, 0.15) is 5.82 Å². The molecule has 0 saturated heterocycles. The number of benzene rings is 12. The van der Waals surface area contributed by atoms with Crippen molar-refractivity contribution in [2.45, 2.75) is 0 Å². The van der Waals surface area contributed by atoms with Gasteiger partial charge in [0.15, 0.2) is 0 Å². The average molecular weight is 1290 g/mol. The Hall–Kier alpha value is -10.9. The fourth-order valence-corrected chi connectivity index (χ4v) is 12.5.